The van der Waals surface area contributed by atoms with Crippen LogP contribution in [-0.4, -0.2) is 68.0 Å². The first-order valence-electron chi connectivity index (χ1n) is 13.6. The SMILES string of the molecule is CN=C(OCC(=O)OC)N(C1CC1)C1c2ccccc2N(C(=N)OC(=N)c2cccc(OC(F)(F)F)c2)C2CCCC21. The summed E-state index contributed by atoms with van der Waals surface area (Å²) in [6, 6.07) is 12.5. The zero-order valence-corrected chi connectivity index (χ0v) is 23.2. The van der Waals surface area contributed by atoms with E-state index in [-0.39, 0.29) is 42.2 Å². The Labute approximate surface area is 241 Å². The van der Waals surface area contributed by atoms with Gasteiger partial charge in [-0.3, -0.25) is 15.7 Å². The number of esters is 1. The molecule has 2 fully saturated rings. The van der Waals surface area contributed by atoms with Gasteiger partial charge >= 0.3 is 12.3 Å². The summed E-state index contributed by atoms with van der Waals surface area (Å²) in [6.45, 7) is -0.267. The molecule has 10 nitrogen and oxygen atoms in total. The minimum absolute atomic E-state index is 0.0408. The summed E-state index contributed by atoms with van der Waals surface area (Å²) >= 11 is 0. The molecule has 2 aromatic carbocycles. The number of nitrogens with one attached hydrogen (secondary N) is 2. The summed E-state index contributed by atoms with van der Waals surface area (Å²) in [5.74, 6) is -1.42. The number of aliphatic imine (C=N–C) groups is 1. The number of hydrogen-bond acceptors (Lipinski definition) is 8. The van der Waals surface area contributed by atoms with Crippen LogP contribution in [0.25, 0.3) is 0 Å². The van der Waals surface area contributed by atoms with Crippen LogP contribution in [0.5, 0.6) is 5.75 Å². The zero-order valence-electron chi connectivity index (χ0n) is 23.2. The van der Waals surface area contributed by atoms with Crippen molar-refractivity contribution in [3.8, 4) is 5.75 Å². The first-order chi connectivity index (χ1) is 20.1. The van der Waals surface area contributed by atoms with Gasteiger partial charge < -0.3 is 23.8 Å². The number of carbonyl (C=O) groups is 1. The molecule has 3 atom stereocenters. The van der Waals surface area contributed by atoms with Crippen LogP contribution < -0.4 is 9.64 Å². The van der Waals surface area contributed by atoms with Crippen LogP contribution in [0.2, 0.25) is 0 Å². The Morgan fingerprint density at radius 2 is 1.86 bits per heavy atom. The molecule has 3 aliphatic rings. The minimum atomic E-state index is -4.87. The Morgan fingerprint density at radius 1 is 1.10 bits per heavy atom. The van der Waals surface area contributed by atoms with E-state index in [4.69, 9.17) is 25.0 Å². The normalized spacial score (nSPS) is 21.6. The summed E-state index contributed by atoms with van der Waals surface area (Å²) in [5, 5.41) is 17.3. The monoisotopic (exact) mass is 587 g/mol. The van der Waals surface area contributed by atoms with E-state index in [1.54, 1.807) is 11.9 Å². The van der Waals surface area contributed by atoms with Crippen molar-refractivity contribution in [1.29, 1.82) is 10.8 Å². The van der Waals surface area contributed by atoms with Crippen LogP contribution >= 0.6 is 0 Å². The van der Waals surface area contributed by atoms with E-state index >= 15 is 0 Å². The predicted octanol–water partition coefficient (Wildman–Crippen LogP) is 5.23. The smallest absolute Gasteiger partial charge is 0.466 e. The average molecular weight is 588 g/mol. The fourth-order valence-corrected chi connectivity index (χ4v) is 5.97. The lowest BCUT2D eigenvalue weighted by Gasteiger charge is -2.48. The van der Waals surface area contributed by atoms with Gasteiger partial charge in [-0.25, -0.2) is 9.79 Å². The van der Waals surface area contributed by atoms with Crippen LogP contribution in [-0.2, 0) is 19.0 Å². The van der Waals surface area contributed by atoms with E-state index < -0.39 is 24.0 Å². The second-order valence-corrected chi connectivity index (χ2v) is 10.4. The third-order valence-electron chi connectivity index (χ3n) is 7.73. The number of amidine groups is 2. The molecule has 1 aliphatic heterocycles. The van der Waals surface area contributed by atoms with Gasteiger partial charge in [0.15, 0.2) is 6.61 Å². The predicted molar refractivity (Wildman–Crippen MR) is 148 cm³/mol. The van der Waals surface area contributed by atoms with E-state index in [1.165, 1.54) is 19.2 Å². The van der Waals surface area contributed by atoms with Gasteiger partial charge in [-0.1, -0.05) is 30.7 Å². The molecule has 5 rings (SSSR count). The number of para-hydroxylation sites is 1. The molecule has 3 unspecified atom stereocenters. The number of halogens is 3. The van der Waals surface area contributed by atoms with Crippen molar-refractivity contribution >= 4 is 29.6 Å². The van der Waals surface area contributed by atoms with Gasteiger partial charge in [0.25, 0.3) is 12.0 Å². The summed E-state index contributed by atoms with van der Waals surface area (Å²) in [5.41, 5.74) is 1.70. The topological polar surface area (TPSA) is 121 Å². The molecule has 42 heavy (non-hydrogen) atoms. The van der Waals surface area contributed by atoms with Gasteiger partial charge in [0.05, 0.1) is 18.8 Å². The van der Waals surface area contributed by atoms with Crippen molar-refractivity contribution in [2.45, 2.75) is 56.6 Å². The maximum absolute atomic E-state index is 12.7. The molecule has 0 saturated heterocycles. The number of ether oxygens (including phenoxy) is 4. The largest absolute Gasteiger partial charge is 0.573 e. The highest BCUT2D eigenvalue weighted by atomic mass is 19.4. The lowest BCUT2D eigenvalue weighted by molar-refractivity contribution is -0.274. The molecule has 2 saturated carbocycles. The number of benzene rings is 2. The number of carbonyl (C=O) groups excluding carboxylic acids is 1. The number of hydrogen-bond donors (Lipinski definition) is 2. The molecule has 2 aromatic rings. The Balaban J connectivity index is 1.44. The van der Waals surface area contributed by atoms with Crippen LogP contribution in [0, 0.1) is 16.7 Å². The highest BCUT2D eigenvalue weighted by Gasteiger charge is 2.51. The zero-order chi connectivity index (χ0) is 30.0. The van der Waals surface area contributed by atoms with Crippen LogP contribution in [0.15, 0.2) is 53.5 Å². The van der Waals surface area contributed by atoms with Crippen molar-refractivity contribution in [2.75, 3.05) is 25.7 Å². The maximum atomic E-state index is 12.7. The number of nitrogens with zero attached hydrogens (tertiary/aromatic N) is 3. The Bertz CT molecular complexity index is 1380. The third kappa shape index (κ3) is 6.14. The van der Waals surface area contributed by atoms with Gasteiger partial charge in [0.1, 0.15) is 5.75 Å². The maximum Gasteiger partial charge on any atom is 0.573 e. The fraction of sp³-hybridized carbons (Fsp3) is 0.448. The second-order valence-electron chi connectivity index (χ2n) is 10.4. The highest BCUT2D eigenvalue weighted by molar-refractivity contribution is 6.04. The standard InChI is InChI=1S/C29H32F3N5O5/c1-35-28(40-16-24(38)39-2)36(18-13-14-18)25-20-9-3-4-11-22(20)37(23-12-6-10-21(23)25)27(34)41-26(33)17-7-5-8-19(15-17)42-29(30,31)32/h3-5,7-9,11,15,18,21,23,25,33-34H,6,10,12-14,16H2,1-2H3. The van der Waals surface area contributed by atoms with Gasteiger partial charge in [0, 0.05) is 30.6 Å². The van der Waals surface area contributed by atoms with Crippen molar-refractivity contribution in [2.24, 2.45) is 10.9 Å². The summed E-state index contributed by atoms with van der Waals surface area (Å²) < 4.78 is 58.4. The molecule has 1 heterocycles. The van der Waals surface area contributed by atoms with E-state index in [9.17, 15) is 18.0 Å². The van der Waals surface area contributed by atoms with Gasteiger partial charge in [-0.05, 0) is 55.5 Å². The lowest BCUT2D eigenvalue weighted by Crippen LogP contribution is -2.53. The van der Waals surface area contributed by atoms with Gasteiger partial charge in [0.2, 0.25) is 5.90 Å². The Hall–Kier alpha value is -4.29. The average Bonchev–Trinajstić information content (AvgIpc) is 3.68. The first-order valence-corrected chi connectivity index (χ1v) is 13.6. The Kier molecular flexibility index (Phi) is 8.28. The number of alkyl halides is 3. The van der Waals surface area contributed by atoms with Crippen LogP contribution in [0.4, 0.5) is 18.9 Å². The molecule has 0 bridgehead atoms. The molecule has 2 aliphatic carbocycles. The van der Waals surface area contributed by atoms with Crippen molar-refractivity contribution in [3.05, 3.63) is 59.7 Å². The van der Waals surface area contributed by atoms with Gasteiger partial charge in [-0.2, -0.15) is 0 Å². The quantitative estimate of drug-likeness (QED) is 0.270. The third-order valence-corrected chi connectivity index (χ3v) is 7.73. The molecule has 0 amide bonds. The molecule has 0 aromatic heterocycles. The van der Waals surface area contributed by atoms with E-state index in [1.807, 2.05) is 24.3 Å². The van der Waals surface area contributed by atoms with Crippen LogP contribution in [0.3, 0.4) is 0 Å². The number of fused-ring (bicyclic) bond motifs is 2. The molecule has 0 radical (unpaired) electrons. The second kappa shape index (κ2) is 11.9. The molecule has 0 spiro atoms. The highest BCUT2D eigenvalue weighted by Crippen LogP contribution is 2.52. The molecule has 2 N–H and O–H groups in total. The fourth-order valence-electron chi connectivity index (χ4n) is 5.97. The molecule has 13 heteroatoms. The number of anilines is 1. The van der Waals surface area contributed by atoms with E-state index in [0.29, 0.717) is 6.02 Å². The van der Waals surface area contributed by atoms with Gasteiger partial charge in [-0.15, -0.1) is 13.2 Å². The summed E-state index contributed by atoms with van der Waals surface area (Å²) in [6.07, 6.45) is -0.442. The minimum Gasteiger partial charge on any atom is -0.466 e. The molecular formula is C29H32F3N5O5. The lowest BCUT2D eigenvalue weighted by atomic mass is 9.82. The number of methoxy groups -OCH3 is 1. The van der Waals surface area contributed by atoms with Crippen molar-refractivity contribution in [1.82, 2.24) is 4.90 Å². The number of rotatable bonds is 6. The van der Waals surface area contributed by atoms with Crippen LogP contribution in [0.1, 0.15) is 49.3 Å². The van der Waals surface area contributed by atoms with Crippen molar-refractivity contribution in [3.63, 3.8) is 0 Å². The summed E-state index contributed by atoms with van der Waals surface area (Å²) in [7, 11) is 2.92. The summed E-state index contributed by atoms with van der Waals surface area (Å²) in [4.78, 5) is 20.2. The van der Waals surface area contributed by atoms with Crippen molar-refractivity contribution < 1.29 is 36.9 Å². The molecule has 224 valence electrons. The van der Waals surface area contributed by atoms with E-state index in [0.717, 1.165) is 55.5 Å². The Morgan fingerprint density at radius 3 is 2.55 bits per heavy atom. The first kappa shape index (κ1) is 29.2. The van der Waals surface area contributed by atoms with E-state index in [2.05, 4.69) is 14.6 Å². The molecular weight excluding hydrogens is 555 g/mol.